The molecule has 0 saturated carbocycles. The molecule has 0 aliphatic heterocycles. The standard InChI is InChI=1S/C19H18N2O4P2/c20-18(22)16-8-4-14(5-9-16)2-3-15-6-10-17(11-7-15)19(23)21-12-1-13-27(25)26-24/h2-11H,1,12-13H2,(H2-,20,21,22,23)/p+1/b3-2+. The minimum absolute atomic E-state index is 0.206. The summed E-state index contributed by atoms with van der Waals surface area (Å²) in [4.78, 5) is 23.1. The van der Waals surface area contributed by atoms with Gasteiger partial charge in [0.15, 0.2) is 6.16 Å². The molecule has 0 heterocycles. The Hall–Kier alpha value is -2.68. The average molecular weight is 401 g/mol. The van der Waals surface area contributed by atoms with Gasteiger partial charge in [-0.1, -0.05) is 41.0 Å². The van der Waals surface area contributed by atoms with Gasteiger partial charge in [0.2, 0.25) is 5.91 Å². The van der Waals surface area contributed by atoms with Crippen LogP contribution >= 0.6 is 15.6 Å². The lowest BCUT2D eigenvalue weighted by Gasteiger charge is -2.03. The first-order chi connectivity index (χ1) is 13.0. The summed E-state index contributed by atoms with van der Waals surface area (Å²) in [5.74, 6) is -0.666. The Balaban J connectivity index is 1.88. The predicted octanol–water partition coefficient (Wildman–Crippen LogP) is 4.11. The lowest BCUT2D eigenvalue weighted by molar-refractivity contribution is 0.0952. The third kappa shape index (κ3) is 6.86. The highest BCUT2D eigenvalue weighted by Gasteiger charge is 2.14. The maximum absolute atomic E-state index is 12.0. The number of nitrogens with one attached hydrogen (secondary N) is 1. The number of benzene rings is 2. The second-order valence-corrected chi connectivity index (χ2v) is 8.85. The summed E-state index contributed by atoms with van der Waals surface area (Å²) in [5.41, 5.74) is 8.06. The Morgan fingerprint density at radius 2 is 1.48 bits per heavy atom. The van der Waals surface area contributed by atoms with E-state index in [0.717, 1.165) is 11.1 Å². The molecule has 0 spiro atoms. The summed E-state index contributed by atoms with van der Waals surface area (Å²) in [5, 5.41) is 2.74. The summed E-state index contributed by atoms with van der Waals surface area (Å²) in [6.45, 7) is 0.387. The molecule has 138 valence electrons. The van der Waals surface area contributed by atoms with Gasteiger partial charge < -0.3 is 11.1 Å². The van der Waals surface area contributed by atoms with Crippen molar-refractivity contribution in [2.45, 2.75) is 6.42 Å². The molecule has 27 heavy (non-hydrogen) atoms. The zero-order valence-electron chi connectivity index (χ0n) is 14.5. The molecule has 0 fully saturated rings. The minimum Gasteiger partial charge on any atom is -0.366 e. The third-order valence-electron chi connectivity index (χ3n) is 3.74. The Bertz CT molecular complexity index is 862. The van der Waals surface area contributed by atoms with Crippen LogP contribution in [0.5, 0.6) is 0 Å². The van der Waals surface area contributed by atoms with Crippen molar-refractivity contribution < 1.29 is 18.7 Å². The van der Waals surface area contributed by atoms with E-state index in [0.29, 0.717) is 30.3 Å². The van der Waals surface area contributed by atoms with E-state index in [-0.39, 0.29) is 14.1 Å². The van der Waals surface area contributed by atoms with Crippen LogP contribution in [0.1, 0.15) is 38.3 Å². The smallest absolute Gasteiger partial charge is 0.366 e. The van der Waals surface area contributed by atoms with Crippen LogP contribution in [0.3, 0.4) is 0 Å². The number of carbonyl (C=O) groups excluding carboxylic acids is 2. The molecule has 1 atom stereocenters. The van der Waals surface area contributed by atoms with E-state index in [2.05, 4.69) is 5.32 Å². The number of hydrogen-bond donors (Lipinski definition) is 2. The van der Waals surface area contributed by atoms with Crippen LogP contribution in [0.4, 0.5) is 0 Å². The first-order valence-corrected chi connectivity index (χ1v) is 11.2. The van der Waals surface area contributed by atoms with Crippen LogP contribution in [-0.2, 0) is 9.13 Å². The van der Waals surface area contributed by atoms with Crippen molar-refractivity contribution in [2.24, 2.45) is 5.73 Å². The van der Waals surface area contributed by atoms with Crippen molar-refractivity contribution >= 4 is 39.6 Å². The second-order valence-electron chi connectivity index (χ2n) is 5.71. The van der Waals surface area contributed by atoms with E-state index in [1.54, 1.807) is 36.4 Å². The Morgan fingerprint density at radius 1 is 0.963 bits per heavy atom. The molecule has 3 N–H and O–H groups in total. The molecule has 0 aromatic heterocycles. The molecule has 0 radical (unpaired) electrons. The maximum Gasteiger partial charge on any atom is 0.457 e. The molecular formula is C19H19N2O4P2+. The van der Waals surface area contributed by atoms with Gasteiger partial charge in [-0.2, -0.15) is 0 Å². The van der Waals surface area contributed by atoms with Gasteiger partial charge in [0.05, 0.1) is 0 Å². The molecule has 0 bridgehead atoms. The highest BCUT2D eigenvalue weighted by atomic mass is 32.0. The van der Waals surface area contributed by atoms with E-state index in [1.165, 1.54) is 0 Å². The van der Waals surface area contributed by atoms with Crippen molar-refractivity contribution in [1.29, 1.82) is 0 Å². The van der Waals surface area contributed by atoms with Crippen LogP contribution < -0.4 is 11.1 Å². The quantitative estimate of drug-likeness (QED) is 0.375. The number of primary amides is 1. The first-order valence-electron chi connectivity index (χ1n) is 8.24. The van der Waals surface area contributed by atoms with Crippen molar-refractivity contribution in [1.82, 2.24) is 5.32 Å². The molecule has 0 aliphatic rings. The molecule has 8 heteroatoms. The highest BCUT2D eigenvalue weighted by Crippen LogP contribution is 2.35. The number of nitrogens with two attached hydrogens (primary N) is 1. The second kappa shape index (κ2) is 10.5. The molecule has 2 aromatic rings. The fraction of sp³-hybridized carbons (Fsp3) is 0.158. The van der Waals surface area contributed by atoms with E-state index in [4.69, 9.17) is 5.73 Å². The van der Waals surface area contributed by atoms with Gasteiger partial charge in [-0.3, -0.25) is 9.59 Å². The summed E-state index contributed by atoms with van der Waals surface area (Å²) >= 11 is 0. The lowest BCUT2D eigenvalue weighted by atomic mass is 10.1. The summed E-state index contributed by atoms with van der Waals surface area (Å²) in [6.07, 6.45) is 4.65. The molecule has 2 aromatic carbocycles. The van der Waals surface area contributed by atoms with E-state index in [9.17, 15) is 18.7 Å². The third-order valence-corrected chi connectivity index (χ3v) is 5.77. The fourth-order valence-corrected chi connectivity index (χ4v) is 3.44. The lowest BCUT2D eigenvalue weighted by Crippen LogP contribution is -2.24. The average Bonchev–Trinajstić information content (AvgIpc) is 2.70. The molecule has 6 nitrogen and oxygen atoms in total. The van der Waals surface area contributed by atoms with Gasteiger partial charge in [-0.15, -0.1) is 0 Å². The zero-order valence-corrected chi connectivity index (χ0v) is 16.3. The van der Waals surface area contributed by atoms with Crippen molar-refractivity contribution in [3.63, 3.8) is 0 Å². The van der Waals surface area contributed by atoms with Crippen molar-refractivity contribution in [3.05, 3.63) is 70.8 Å². The monoisotopic (exact) mass is 401 g/mol. The summed E-state index contributed by atoms with van der Waals surface area (Å²) in [6, 6.07) is 14.1. The SMILES string of the molecule is NC(=O)c1ccc(/C=C/c2ccc(C(=O)NCCC[P+](=O)P=O)cc2)cc1. The summed E-state index contributed by atoms with van der Waals surface area (Å²) in [7, 11) is -2.05. The van der Waals surface area contributed by atoms with Crippen LogP contribution in [0, 0.1) is 0 Å². The Kier molecular flexibility index (Phi) is 8.00. The Labute approximate surface area is 159 Å². The van der Waals surface area contributed by atoms with Gasteiger partial charge in [0.1, 0.15) is 0 Å². The molecule has 2 rings (SSSR count). The summed E-state index contributed by atoms with van der Waals surface area (Å²) < 4.78 is 21.4. The van der Waals surface area contributed by atoms with Gasteiger partial charge in [0.25, 0.3) is 5.91 Å². The number of hydrogen-bond acceptors (Lipinski definition) is 4. The van der Waals surface area contributed by atoms with E-state index in [1.807, 2.05) is 24.3 Å². The Morgan fingerprint density at radius 3 is 1.96 bits per heavy atom. The number of rotatable bonds is 9. The predicted molar refractivity (Wildman–Crippen MR) is 107 cm³/mol. The number of carbonyl (C=O) groups is 2. The van der Waals surface area contributed by atoms with Crippen molar-refractivity contribution in [3.8, 4) is 0 Å². The van der Waals surface area contributed by atoms with Gasteiger partial charge in [-0.25, -0.2) is 4.57 Å². The fourth-order valence-electron chi connectivity index (χ4n) is 2.26. The van der Waals surface area contributed by atoms with Crippen LogP contribution in [0.2, 0.25) is 0 Å². The van der Waals surface area contributed by atoms with Gasteiger partial charge >= 0.3 is 15.6 Å². The molecule has 0 aliphatic carbocycles. The van der Waals surface area contributed by atoms with Crippen LogP contribution in [-0.4, -0.2) is 24.5 Å². The van der Waals surface area contributed by atoms with E-state index >= 15 is 0 Å². The molecule has 1 unspecified atom stereocenters. The van der Waals surface area contributed by atoms with Gasteiger partial charge in [-0.05, 0) is 35.4 Å². The van der Waals surface area contributed by atoms with Gasteiger partial charge in [0, 0.05) is 24.1 Å². The largest absolute Gasteiger partial charge is 0.457 e. The maximum atomic E-state index is 12.0. The minimum atomic E-state index is -1.71. The van der Waals surface area contributed by atoms with E-state index < -0.39 is 13.4 Å². The highest BCUT2D eigenvalue weighted by molar-refractivity contribution is 8.09. The first kappa shape index (κ1) is 20.6. The number of amides is 2. The zero-order chi connectivity index (χ0) is 19.6. The van der Waals surface area contributed by atoms with Crippen LogP contribution in [0.25, 0.3) is 12.2 Å². The normalized spacial score (nSPS) is 11.5. The van der Waals surface area contributed by atoms with Crippen molar-refractivity contribution in [2.75, 3.05) is 12.7 Å². The molecular weight excluding hydrogens is 382 g/mol. The van der Waals surface area contributed by atoms with Crippen LogP contribution in [0.15, 0.2) is 48.5 Å². The topological polar surface area (TPSA) is 106 Å². The molecule has 0 saturated heterocycles. The molecule has 2 amide bonds.